The Hall–Kier alpha value is -2.89. The zero-order valence-electron chi connectivity index (χ0n) is 17.2. The van der Waals surface area contributed by atoms with Crippen LogP contribution >= 0.6 is 0 Å². The van der Waals surface area contributed by atoms with Gasteiger partial charge in [0.15, 0.2) is 5.96 Å². The van der Waals surface area contributed by atoms with E-state index in [4.69, 9.17) is 9.47 Å². The second-order valence-corrected chi connectivity index (χ2v) is 6.49. The maximum absolute atomic E-state index is 10.1. The minimum Gasteiger partial charge on any atom is -0.508 e. The number of aliphatic imine (C=N–C) groups is 1. The van der Waals surface area contributed by atoms with Crippen molar-refractivity contribution in [3.8, 4) is 17.2 Å². The molecule has 3 N–H and O–H groups in total. The van der Waals surface area contributed by atoms with Crippen molar-refractivity contribution in [2.75, 3.05) is 33.9 Å². The van der Waals surface area contributed by atoms with Gasteiger partial charge in [-0.25, -0.2) is 0 Å². The van der Waals surface area contributed by atoms with Crippen molar-refractivity contribution in [2.24, 2.45) is 4.99 Å². The number of phenols is 1. The van der Waals surface area contributed by atoms with Gasteiger partial charge in [-0.05, 0) is 55.5 Å². The van der Waals surface area contributed by atoms with Crippen LogP contribution in [-0.2, 0) is 12.8 Å². The Morgan fingerprint density at radius 1 is 1.04 bits per heavy atom. The molecule has 0 saturated heterocycles. The molecule has 0 amide bonds. The van der Waals surface area contributed by atoms with Crippen LogP contribution in [0, 0.1) is 6.92 Å². The Kier molecular flexibility index (Phi) is 8.46. The Bertz CT molecular complexity index is 791. The van der Waals surface area contributed by atoms with E-state index < -0.39 is 0 Å². The molecule has 2 aromatic carbocycles. The number of guanidine groups is 1. The average Bonchev–Trinajstić information content (AvgIpc) is 2.70. The highest BCUT2D eigenvalue weighted by molar-refractivity contribution is 5.79. The zero-order valence-corrected chi connectivity index (χ0v) is 17.2. The van der Waals surface area contributed by atoms with Crippen LogP contribution in [0.5, 0.6) is 17.2 Å². The standard InChI is InChI=1S/C22H31N3O3/c1-5-23-22(24-12-10-17-7-6-16(2)21(14-17)28-4)25-13-11-18-8-9-19(27-3)15-20(18)26/h6-9,14-15,26H,5,10-13H2,1-4H3,(H2,23,24,25). The number of aryl methyl sites for hydroxylation is 1. The van der Waals surface area contributed by atoms with Crippen LogP contribution in [0.15, 0.2) is 41.4 Å². The summed E-state index contributed by atoms with van der Waals surface area (Å²) >= 11 is 0. The monoisotopic (exact) mass is 385 g/mol. The number of aromatic hydroxyl groups is 1. The summed E-state index contributed by atoms with van der Waals surface area (Å²) in [6.07, 6.45) is 1.53. The number of benzene rings is 2. The predicted molar refractivity (Wildman–Crippen MR) is 114 cm³/mol. The first-order valence-electron chi connectivity index (χ1n) is 9.59. The van der Waals surface area contributed by atoms with Crippen LogP contribution in [0.4, 0.5) is 0 Å². The number of methoxy groups -OCH3 is 2. The third-order valence-electron chi connectivity index (χ3n) is 4.47. The summed E-state index contributed by atoms with van der Waals surface area (Å²) in [7, 11) is 3.28. The maximum atomic E-state index is 10.1. The fourth-order valence-electron chi connectivity index (χ4n) is 2.86. The molecule has 152 valence electrons. The number of ether oxygens (including phenoxy) is 2. The molecule has 0 radical (unpaired) electrons. The molecule has 0 atom stereocenters. The predicted octanol–water partition coefficient (Wildman–Crippen LogP) is 3.06. The lowest BCUT2D eigenvalue weighted by atomic mass is 10.1. The topological polar surface area (TPSA) is 75.1 Å². The van der Waals surface area contributed by atoms with E-state index in [-0.39, 0.29) is 5.75 Å². The molecular formula is C22H31N3O3. The van der Waals surface area contributed by atoms with E-state index in [1.165, 1.54) is 5.56 Å². The van der Waals surface area contributed by atoms with Gasteiger partial charge in [-0.2, -0.15) is 0 Å². The van der Waals surface area contributed by atoms with Gasteiger partial charge in [0.05, 0.1) is 14.2 Å². The molecule has 0 aliphatic rings. The van der Waals surface area contributed by atoms with Crippen LogP contribution in [0.25, 0.3) is 0 Å². The van der Waals surface area contributed by atoms with Crippen LogP contribution < -0.4 is 20.1 Å². The van der Waals surface area contributed by atoms with E-state index in [9.17, 15) is 5.11 Å². The van der Waals surface area contributed by atoms with Gasteiger partial charge < -0.3 is 25.2 Å². The molecule has 0 spiro atoms. The van der Waals surface area contributed by atoms with Crippen molar-refractivity contribution >= 4 is 5.96 Å². The van der Waals surface area contributed by atoms with Gasteiger partial charge in [0.2, 0.25) is 0 Å². The molecule has 0 aromatic heterocycles. The fraction of sp³-hybridized carbons (Fsp3) is 0.409. The maximum Gasteiger partial charge on any atom is 0.191 e. The van der Waals surface area contributed by atoms with Gasteiger partial charge in [0, 0.05) is 25.7 Å². The Labute approximate surface area is 167 Å². The van der Waals surface area contributed by atoms with E-state index >= 15 is 0 Å². The number of hydrogen-bond acceptors (Lipinski definition) is 4. The van der Waals surface area contributed by atoms with Gasteiger partial charge in [0.25, 0.3) is 0 Å². The van der Waals surface area contributed by atoms with Crippen LogP contribution in [0.1, 0.15) is 23.6 Å². The smallest absolute Gasteiger partial charge is 0.191 e. The molecule has 0 bridgehead atoms. The minimum absolute atomic E-state index is 0.237. The number of nitrogens with one attached hydrogen (secondary N) is 2. The number of rotatable bonds is 9. The number of nitrogens with zero attached hydrogens (tertiary/aromatic N) is 1. The molecule has 28 heavy (non-hydrogen) atoms. The van der Waals surface area contributed by atoms with Crippen LogP contribution in [-0.4, -0.2) is 44.9 Å². The molecule has 2 rings (SSSR count). The lowest BCUT2D eigenvalue weighted by Crippen LogP contribution is -2.38. The van der Waals surface area contributed by atoms with Gasteiger partial charge in [-0.15, -0.1) is 0 Å². The van der Waals surface area contributed by atoms with E-state index in [1.54, 1.807) is 20.3 Å². The van der Waals surface area contributed by atoms with Crippen molar-refractivity contribution in [3.63, 3.8) is 0 Å². The summed E-state index contributed by atoms with van der Waals surface area (Å²) in [6.45, 7) is 6.21. The number of phenolic OH excluding ortho intramolecular Hbond substituents is 1. The van der Waals surface area contributed by atoms with E-state index in [1.807, 2.05) is 26.0 Å². The summed E-state index contributed by atoms with van der Waals surface area (Å²) in [5.74, 6) is 2.57. The van der Waals surface area contributed by atoms with Crippen LogP contribution in [0.2, 0.25) is 0 Å². The lowest BCUT2D eigenvalue weighted by molar-refractivity contribution is 0.406. The molecule has 0 heterocycles. The van der Waals surface area contributed by atoms with Crippen LogP contribution in [0.3, 0.4) is 0 Å². The van der Waals surface area contributed by atoms with Crippen molar-refractivity contribution in [1.82, 2.24) is 10.6 Å². The first kappa shape index (κ1) is 21.4. The summed E-state index contributed by atoms with van der Waals surface area (Å²) in [5, 5.41) is 16.7. The quantitative estimate of drug-likeness (QED) is 0.457. The highest BCUT2D eigenvalue weighted by atomic mass is 16.5. The summed E-state index contributed by atoms with van der Waals surface area (Å²) in [4.78, 5) is 4.60. The second kappa shape index (κ2) is 11.1. The van der Waals surface area contributed by atoms with Gasteiger partial charge in [-0.3, -0.25) is 4.99 Å². The van der Waals surface area contributed by atoms with Crippen molar-refractivity contribution in [1.29, 1.82) is 0 Å². The van der Waals surface area contributed by atoms with E-state index in [2.05, 4.69) is 33.8 Å². The zero-order chi connectivity index (χ0) is 20.4. The first-order chi connectivity index (χ1) is 13.6. The fourth-order valence-corrected chi connectivity index (χ4v) is 2.86. The Morgan fingerprint density at radius 3 is 2.54 bits per heavy atom. The minimum atomic E-state index is 0.237. The molecular weight excluding hydrogens is 354 g/mol. The average molecular weight is 386 g/mol. The summed E-state index contributed by atoms with van der Waals surface area (Å²) < 4.78 is 10.5. The van der Waals surface area contributed by atoms with Gasteiger partial charge >= 0.3 is 0 Å². The van der Waals surface area contributed by atoms with E-state index in [0.29, 0.717) is 18.7 Å². The highest BCUT2D eigenvalue weighted by Gasteiger charge is 2.04. The van der Waals surface area contributed by atoms with E-state index in [0.717, 1.165) is 42.3 Å². The summed E-state index contributed by atoms with van der Waals surface area (Å²) in [5.41, 5.74) is 3.21. The first-order valence-corrected chi connectivity index (χ1v) is 9.59. The lowest BCUT2D eigenvalue weighted by Gasteiger charge is -2.12. The molecule has 0 aliphatic carbocycles. The number of hydrogen-bond donors (Lipinski definition) is 3. The third kappa shape index (κ3) is 6.37. The normalized spacial score (nSPS) is 11.2. The molecule has 6 nitrogen and oxygen atoms in total. The molecule has 2 aromatic rings. The molecule has 0 fully saturated rings. The molecule has 0 saturated carbocycles. The van der Waals surface area contributed by atoms with Crippen molar-refractivity contribution in [2.45, 2.75) is 26.7 Å². The van der Waals surface area contributed by atoms with Crippen molar-refractivity contribution < 1.29 is 14.6 Å². The molecule has 0 unspecified atom stereocenters. The largest absolute Gasteiger partial charge is 0.508 e. The SMILES string of the molecule is CCNC(=NCCc1ccc(OC)cc1O)NCCc1ccc(C)c(OC)c1. The van der Waals surface area contributed by atoms with Crippen molar-refractivity contribution in [3.05, 3.63) is 53.1 Å². The third-order valence-corrected chi connectivity index (χ3v) is 4.47. The second-order valence-electron chi connectivity index (χ2n) is 6.49. The van der Waals surface area contributed by atoms with Gasteiger partial charge in [-0.1, -0.05) is 18.2 Å². The molecule has 6 heteroatoms. The summed E-state index contributed by atoms with van der Waals surface area (Å²) in [6, 6.07) is 11.6. The Balaban J connectivity index is 1.88. The Morgan fingerprint density at radius 2 is 1.86 bits per heavy atom. The highest BCUT2D eigenvalue weighted by Crippen LogP contribution is 2.23. The van der Waals surface area contributed by atoms with Gasteiger partial charge in [0.1, 0.15) is 17.2 Å². The molecule has 0 aliphatic heterocycles.